The minimum absolute atomic E-state index is 0.184. The molecular formula is C19H22N4O2S. The van der Waals surface area contributed by atoms with Gasteiger partial charge in [-0.2, -0.15) is 11.8 Å². The molecule has 0 bridgehead atoms. The molecule has 2 heterocycles. The number of urea groups is 1. The van der Waals surface area contributed by atoms with Crippen LogP contribution in [0.2, 0.25) is 0 Å². The van der Waals surface area contributed by atoms with Gasteiger partial charge in [0.05, 0.1) is 0 Å². The van der Waals surface area contributed by atoms with Crippen LogP contribution in [0.5, 0.6) is 0 Å². The summed E-state index contributed by atoms with van der Waals surface area (Å²) in [5.74, 6) is 1.62. The van der Waals surface area contributed by atoms with Crippen molar-refractivity contribution in [3.8, 4) is 0 Å². The second kappa shape index (κ2) is 9.24. The van der Waals surface area contributed by atoms with Crippen LogP contribution in [-0.2, 0) is 11.2 Å². The molecule has 0 aliphatic carbocycles. The van der Waals surface area contributed by atoms with E-state index in [1.165, 1.54) is 0 Å². The molecule has 1 fully saturated rings. The van der Waals surface area contributed by atoms with E-state index in [2.05, 4.69) is 15.6 Å². The Balaban J connectivity index is 1.70. The minimum atomic E-state index is -0.646. The lowest BCUT2D eigenvalue weighted by Gasteiger charge is -2.29. The van der Waals surface area contributed by atoms with Crippen LogP contribution in [0.25, 0.3) is 0 Å². The van der Waals surface area contributed by atoms with E-state index in [0.29, 0.717) is 25.2 Å². The molecule has 26 heavy (non-hydrogen) atoms. The molecule has 136 valence electrons. The Labute approximate surface area is 157 Å². The maximum atomic E-state index is 12.8. The molecule has 6 nitrogen and oxygen atoms in total. The molecule has 1 aromatic carbocycles. The second-order valence-corrected chi connectivity index (χ2v) is 7.24. The smallest absolute Gasteiger partial charge is 0.318 e. The molecule has 3 amide bonds. The topological polar surface area (TPSA) is 74.3 Å². The Morgan fingerprint density at radius 3 is 2.46 bits per heavy atom. The molecule has 1 saturated heterocycles. The van der Waals surface area contributed by atoms with Crippen LogP contribution in [0, 0.1) is 0 Å². The molecule has 0 radical (unpaired) electrons. The molecule has 3 rings (SSSR count). The predicted molar refractivity (Wildman–Crippen MR) is 104 cm³/mol. The first-order chi connectivity index (χ1) is 12.7. The van der Waals surface area contributed by atoms with Crippen molar-refractivity contribution in [3.05, 3.63) is 60.4 Å². The number of hydrogen-bond acceptors (Lipinski definition) is 4. The van der Waals surface area contributed by atoms with Gasteiger partial charge in [-0.15, -0.1) is 0 Å². The van der Waals surface area contributed by atoms with Crippen LogP contribution in [-0.4, -0.2) is 52.5 Å². The van der Waals surface area contributed by atoms with Crippen molar-refractivity contribution in [3.63, 3.8) is 0 Å². The molecule has 2 N–H and O–H groups in total. The molecule has 0 unspecified atom stereocenters. The van der Waals surface area contributed by atoms with Gasteiger partial charge in [0.2, 0.25) is 5.91 Å². The summed E-state index contributed by atoms with van der Waals surface area (Å²) in [7, 11) is 0. The Morgan fingerprint density at radius 2 is 1.77 bits per heavy atom. The number of carbonyl (C=O) groups excluding carboxylic acids is 2. The van der Waals surface area contributed by atoms with Crippen molar-refractivity contribution in [1.82, 2.24) is 15.2 Å². The lowest BCUT2D eigenvalue weighted by Crippen LogP contribution is -2.52. The number of anilines is 1. The summed E-state index contributed by atoms with van der Waals surface area (Å²) in [5, 5.41) is 5.76. The first kappa shape index (κ1) is 18.3. The number of thioether (sulfide) groups is 1. The first-order valence-electron chi connectivity index (χ1n) is 8.60. The number of nitrogens with zero attached hydrogens (tertiary/aromatic N) is 2. The monoisotopic (exact) mass is 370 g/mol. The van der Waals surface area contributed by atoms with Crippen molar-refractivity contribution in [1.29, 1.82) is 0 Å². The van der Waals surface area contributed by atoms with Crippen molar-refractivity contribution in [2.24, 2.45) is 0 Å². The van der Waals surface area contributed by atoms with Gasteiger partial charge in [0, 0.05) is 49.1 Å². The SMILES string of the molecule is O=C(Nc1ccncc1)[C@@H](Cc1ccccc1)NC(=O)N1CCSCC1. The van der Waals surface area contributed by atoms with E-state index < -0.39 is 6.04 Å². The van der Waals surface area contributed by atoms with E-state index in [-0.39, 0.29) is 11.9 Å². The molecule has 1 atom stereocenters. The second-order valence-electron chi connectivity index (χ2n) is 6.02. The fourth-order valence-electron chi connectivity index (χ4n) is 2.73. The number of amides is 3. The van der Waals surface area contributed by atoms with Crippen LogP contribution in [0.4, 0.5) is 10.5 Å². The van der Waals surface area contributed by atoms with Gasteiger partial charge in [-0.1, -0.05) is 30.3 Å². The summed E-state index contributed by atoms with van der Waals surface area (Å²) >= 11 is 1.84. The summed E-state index contributed by atoms with van der Waals surface area (Å²) < 4.78 is 0. The average molecular weight is 370 g/mol. The van der Waals surface area contributed by atoms with Crippen LogP contribution in [0.3, 0.4) is 0 Å². The lowest BCUT2D eigenvalue weighted by atomic mass is 10.1. The first-order valence-corrected chi connectivity index (χ1v) is 9.76. The van der Waals surface area contributed by atoms with Crippen molar-refractivity contribution in [2.45, 2.75) is 12.5 Å². The summed E-state index contributed by atoms with van der Waals surface area (Å²) in [6.07, 6.45) is 3.67. The van der Waals surface area contributed by atoms with E-state index in [1.54, 1.807) is 29.4 Å². The quantitative estimate of drug-likeness (QED) is 0.848. The number of benzene rings is 1. The number of hydrogen-bond donors (Lipinski definition) is 2. The highest BCUT2D eigenvalue weighted by molar-refractivity contribution is 7.99. The summed E-state index contributed by atoms with van der Waals surface area (Å²) in [4.78, 5) is 31.1. The highest BCUT2D eigenvalue weighted by Crippen LogP contribution is 2.11. The molecule has 0 spiro atoms. The van der Waals surface area contributed by atoms with E-state index in [9.17, 15) is 9.59 Å². The normalized spacial score (nSPS) is 15.2. The van der Waals surface area contributed by atoms with E-state index in [0.717, 1.165) is 17.1 Å². The van der Waals surface area contributed by atoms with Crippen LogP contribution < -0.4 is 10.6 Å². The van der Waals surface area contributed by atoms with E-state index in [4.69, 9.17) is 0 Å². The van der Waals surface area contributed by atoms with Crippen LogP contribution in [0.15, 0.2) is 54.9 Å². The molecular weight excluding hydrogens is 348 g/mol. The van der Waals surface area contributed by atoms with Crippen molar-refractivity contribution < 1.29 is 9.59 Å². The largest absolute Gasteiger partial charge is 0.326 e. The predicted octanol–water partition coefficient (Wildman–Crippen LogP) is 2.39. The Kier molecular flexibility index (Phi) is 6.49. The molecule has 1 aliphatic heterocycles. The summed E-state index contributed by atoms with van der Waals surface area (Å²) in [5.41, 5.74) is 1.66. The van der Waals surface area contributed by atoms with Gasteiger partial charge in [0.15, 0.2) is 0 Å². The molecule has 0 saturated carbocycles. The third-order valence-corrected chi connectivity index (χ3v) is 5.09. The maximum absolute atomic E-state index is 12.8. The van der Waals surface area contributed by atoms with Gasteiger partial charge in [-0.25, -0.2) is 4.79 Å². The number of nitrogens with one attached hydrogen (secondary N) is 2. The van der Waals surface area contributed by atoms with E-state index >= 15 is 0 Å². The summed E-state index contributed by atoms with van der Waals surface area (Å²) in [6.45, 7) is 1.42. The van der Waals surface area contributed by atoms with Crippen LogP contribution in [0.1, 0.15) is 5.56 Å². The zero-order chi connectivity index (χ0) is 18.2. The highest BCUT2D eigenvalue weighted by Gasteiger charge is 2.25. The fraction of sp³-hybridized carbons (Fsp3) is 0.316. The fourth-order valence-corrected chi connectivity index (χ4v) is 3.63. The molecule has 7 heteroatoms. The van der Waals surface area contributed by atoms with Gasteiger partial charge in [0.25, 0.3) is 0 Å². The number of carbonyl (C=O) groups is 2. The molecule has 1 aliphatic rings. The Hall–Kier alpha value is -2.54. The zero-order valence-corrected chi connectivity index (χ0v) is 15.2. The Morgan fingerprint density at radius 1 is 1.08 bits per heavy atom. The Bertz CT molecular complexity index is 721. The third kappa shape index (κ3) is 5.23. The van der Waals surface area contributed by atoms with Crippen molar-refractivity contribution >= 4 is 29.4 Å². The standard InChI is InChI=1S/C19H22N4O2S/c24-18(21-16-6-8-20-9-7-16)17(14-15-4-2-1-3-5-15)22-19(25)23-10-12-26-13-11-23/h1-9,17H,10-14H2,(H,22,25)(H,20,21,24)/t17-/m1/s1. The van der Waals surface area contributed by atoms with Gasteiger partial charge in [-0.05, 0) is 17.7 Å². The maximum Gasteiger partial charge on any atom is 0.318 e. The van der Waals surface area contributed by atoms with Crippen molar-refractivity contribution in [2.75, 3.05) is 29.9 Å². The minimum Gasteiger partial charge on any atom is -0.326 e. The van der Waals surface area contributed by atoms with Crippen LogP contribution >= 0.6 is 11.8 Å². The molecule has 1 aromatic heterocycles. The van der Waals surface area contributed by atoms with E-state index in [1.807, 2.05) is 42.1 Å². The van der Waals surface area contributed by atoms with Gasteiger partial charge < -0.3 is 15.5 Å². The number of aromatic nitrogens is 1. The highest BCUT2D eigenvalue weighted by atomic mass is 32.2. The molecule has 2 aromatic rings. The third-order valence-electron chi connectivity index (χ3n) is 4.14. The van der Waals surface area contributed by atoms with Gasteiger partial charge in [0.1, 0.15) is 6.04 Å². The average Bonchev–Trinajstić information content (AvgIpc) is 2.69. The number of rotatable bonds is 5. The van der Waals surface area contributed by atoms with Gasteiger partial charge >= 0.3 is 6.03 Å². The summed E-state index contributed by atoms with van der Waals surface area (Å²) in [6, 6.07) is 12.3. The lowest BCUT2D eigenvalue weighted by molar-refractivity contribution is -0.118. The van der Waals surface area contributed by atoms with Gasteiger partial charge in [-0.3, -0.25) is 9.78 Å². The zero-order valence-electron chi connectivity index (χ0n) is 14.4. The number of pyridine rings is 1.